The van der Waals surface area contributed by atoms with Crippen LogP contribution in [-0.2, 0) is 9.47 Å². The minimum Gasteiger partial charge on any atom is -0.377 e. The van der Waals surface area contributed by atoms with E-state index in [2.05, 4.69) is 34.0 Å². The van der Waals surface area contributed by atoms with E-state index in [0.29, 0.717) is 12.6 Å². The summed E-state index contributed by atoms with van der Waals surface area (Å²) in [6, 6.07) is 2.48. The van der Waals surface area contributed by atoms with Crippen LogP contribution in [0, 0.1) is 0 Å². The summed E-state index contributed by atoms with van der Waals surface area (Å²) >= 11 is 0. The minimum atomic E-state index is -0.159. The van der Waals surface area contributed by atoms with E-state index in [1.807, 2.05) is 25.1 Å². The van der Waals surface area contributed by atoms with Crippen molar-refractivity contribution in [3.8, 4) is 0 Å². The Labute approximate surface area is 150 Å². The van der Waals surface area contributed by atoms with Gasteiger partial charge in [-0.3, -0.25) is 4.90 Å². The third-order valence-corrected chi connectivity index (χ3v) is 5.07. The van der Waals surface area contributed by atoms with Crippen LogP contribution in [0.25, 0.3) is 0 Å². The summed E-state index contributed by atoms with van der Waals surface area (Å²) in [6.07, 6.45) is 3.88. The zero-order chi connectivity index (χ0) is 17.9. The van der Waals surface area contributed by atoms with Crippen LogP contribution in [0.15, 0.2) is 12.4 Å². The van der Waals surface area contributed by atoms with Crippen molar-refractivity contribution >= 4 is 11.6 Å². The molecule has 3 heterocycles. The monoisotopic (exact) mass is 349 g/mol. The highest BCUT2D eigenvalue weighted by Crippen LogP contribution is 2.33. The lowest BCUT2D eigenvalue weighted by Crippen LogP contribution is -2.47. The van der Waals surface area contributed by atoms with E-state index in [0.717, 1.165) is 50.7 Å². The maximum Gasteiger partial charge on any atom is 0.133 e. The summed E-state index contributed by atoms with van der Waals surface area (Å²) in [4.78, 5) is 13.0. The smallest absolute Gasteiger partial charge is 0.133 e. The van der Waals surface area contributed by atoms with Gasteiger partial charge in [-0.25, -0.2) is 9.97 Å². The summed E-state index contributed by atoms with van der Waals surface area (Å²) in [7, 11) is 3.95. The Morgan fingerprint density at radius 3 is 3.00 bits per heavy atom. The molecule has 7 nitrogen and oxygen atoms in total. The molecule has 140 valence electrons. The second-order valence-electron chi connectivity index (χ2n) is 7.62. The van der Waals surface area contributed by atoms with Crippen LogP contribution in [0.2, 0.25) is 0 Å². The van der Waals surface area contributed by atoms with Crippen LogP contribution < -0.4 is 10.2 Å². The first-order valence-electron chi connectivity index (χ1n) is 9.20. The molecular formula is C18H31N5O2. The highest BCUT2D eigenvalue weighted by molar-refractivity contribution is 5.47. The number of ether oxygens (including phenoxy) is 2. The Bertz CT molecular complexity index is 568. The fraction of sp³-hybridized carbons (Fsp3) is 0.778. The SMILES string of the molecule is CC(C)N1CCOC[C@@]2(CC[C@@H](CNc3cc(N(C)C)ncn3)O2)C1. The number of hydrogen-bond donors (Lipinski definition) is 1. The first kappa shape index (κ1) is 18.4. The molecule has 0 bridgehead atoms. The molecule has 0 saturated carbocycles. The predicted octanol–water partition coefficient (Wildman–Crippen LogP) is 1.61. The summed E-state index contributed by atoms with van der Waals surface area (Å²) < 4.78 is 12.3. The van der Waals surface area contributed by atoms with Crippen LogP contribution in [0.1, 0.15) is 26.7 Å². The molecule has 3 rings (SSSR count). The lowest BCUT2D eigenvalue weighted by Gasteiger charge is -2.34. The molecule has 0 unspecified atom stereocenters. The van der Waals surface area contributed by atoms with E-state index >= 15 is 0 Å². The molecule has 2 atom stereocenters. The average molecular weight is 349 g/mol. The Kier molecular flexibility index (Phi) is 5.76. The Hall–Kier alpha value is -1.44. The summed E-state index contributed by atoms with van der Waals surface area (Å²) in [5.41, 5.74) is -0.159. The third-order valence-electron chi connectivity index (χ3n) is 5.07. The molecule has 1 N–H and O–H groups in total. The van der Waals surface area contributed by atoms with E-state index in [1.54, 1.807) is 6.33 Å². The van der Waals surface area contributed by atoms with Gasteiger partial charge in [0.2, 0.25) is 0 Å². The minimum absolute atomic E-state index is 0.159. The molecule has 0 radical (unpaired) electrons. The van der Waals surface area contributed by atoms with E-state index in [-0.39, 0.29) is 11.7 Å². The number of nitrogens with one attached hydrogen (secondary N) is 1. The Morgan fingerprint density at radius 1 is 1.40 bits per heavy atom. The van der Waals surface area contributed by atoms with E-state index < -0.39 is 0 Å². The van der Waals surface area contributed by atoms with Crippen molar-refractivity contribution in [2.24, 2.45) is 0 Å². The zero-order valence-electron chi connectivity index (χ0n) is 15.9. The predicted molar refractivity (Wildman–Crippen MR) is 99.2 cm³/mol. The molecule has 1 aromatic heterocycles. The van der Waals surface area contributed by atoms with Crippen molar-refractivity contribution in [2.75, 3.05) is 57.2 Å². The first-order valence-corrected chi connectivity index (χ1v) is 9.20. The number of aromatic nitrogens is 2. The van der Waals surface area contributed by atoms with Gasteiger partial charge in [-0.15, -0.1) is 0 Å². The van der Waals surface area contributed by atoms with Gasteiger partial charge in [-0.2, -0.15) is 0 Å². The van der Waals surface area contributed by atoms with Crippen LogP contribution in [-0.4, -0.2) is 79.6 Å². The van der Waals surface area contributed by atoms with Crippen LogP contribution >= 0.6 is 0 Å². The van der Waals surface area contributed by atoms with Gasteiger partial charge in [0.05, 0.1) is 19.3 Å². The average Bonchev–Trinajstić information content (AvgIpc) is 2.86. The van der Waals surface area contributed by atoms with Crippen molar-refractivity contribution in [3.05, 3.63) is 12.4 Å². The highest BCUT2D eigenvalue weighted by atomic mass is 16.6. The normalized spacial score (nSPS) is 27.6. The molecule has 25 heavy (non-hydrogen) atoms. The zero-order valence-corrected chi connectivity index (χ0v) is 15.9. The number of hydrogen-bond acceptors (Lipinski definition) is 7. The van der Waals surface area contributed by atoms with Crippen molar-refractivity contribution in [3.63, 3.8) is 0 Å². The molecular weight excluding hydrogens is 318 g/mol. The first-order chi connectivity index (χ1) is 12.0. The van der Waals surface area contributed by atoms with E-state index in [4.69, 9.17) is 9.47 Å². The van der Waals surface area contributed by atoms with Gasteiger partial charge in [0.1, 0.15) is 23.6 Å². The van der Waals surface area contributed by atoms with E-state index in [1.165, 1.54) is 0 Å². The maximum absolute atomic E-state index is 6.47. The topological polar surface area (TPSA) is 62.8 Å². The van der Waals surface area contributed by atoms with Gasteiger partial charge in [-0.05, 0) is 26.7 Å². The van der Waals surface area contributed by atoms with Gasteiger partial charge in [0, 0.05) is 45.8 Å². The number of anilines is 2. The van der Waals surface area contributed by atoms with Crippen molar-refractivity contribution in [2.45, 2.75) is 44.4 Å². The van der Waals surface area contributed by atoms with Gasteiger partial charge in [-0.1, -0.05) is 0 Å². The highest BCUT2D eigenvalue weighted by Gasteiger charge is 2.43. The fourth-order valence-electron chi connectivity index (χ4n) is 3.54. The molecule has 2 fully saturated rings. The molecule has 2 aliphatic heterocycles. The second kappa shape index (κ2) is 7.85. The van der Waals surface area contributed by atoms with Gasteiger partial charge < -0.3 is 19.7 Å². The van der Waals surface area contributed by atoms with Gasteiger partial charge in [0.15, 0.2) is 0 Å². The standard InChI is InChI=1S/C18H31N5O2/c1-14(2)23-7-8-24-12-18(11-23)6-5-15(25-18)10-19-16-9-17(22(3)4)21-13-20-16/h9,13-15H,5-8,10-12H2,1-4H3,(H,19,20,21)/t15-,18+/m0/s1. The van der Waals surface area contributed by atoms with Crippen LogP contribution in [0.5, 0.6) is 0 Å². The van der Waals surface area contributed by atoms with Gasteiger partial charge >= 0.3 is 0 Å². The van der Waals surface area contributed by atoms with Crippen LogP contribution in [0.3, 0.4) is 0 Å². The largest absolute Gasteiger partial charge is 0.377 e. The third kappa shape index (κ3) is 4.59. The molecule has 1 aromatic rings. The Morgan fingerprint density at radius 2 is 2.24 bits per heavy atom. The quantitative estimate of drug-likeness (QED) is 0.866. The Balaban J connectivity index is 1.56. The second-order valence-corrected chi connectivity index (χ2v) is 7.62. The molecule has 2 aliphatic rings. The summed E-state index contributed by atoms with van der Waals surface area (Å²) in [5.74, 6) is 1.73. The molecule has 7 heteroatoms. The summed E-state index contributed by atoms with van der Waals surface area (Å²) in [6.45, 7) is 8.67. The van der Waals surface area contributed by atoms with Gasteiger partial charge in [0.25, 0.3) is 0 Å². The van der Waals surface area contributed by atoms with Crippen molar-refractivity contribution in [1.29, 1.82) is 0 Å². The molecule has 1 spiro atoms. The molecule has 0 amide bonds. The fourth-order valence-corrected chi connectivity index (χ4v) is 3.54. The molecule has 0 aliphatic carbocycles. The maximum atomic E-state index is 6.47. The van der Waals surface area contributed by atoms with E-state index in [9.17, 15) is 0 Å². The van der Waals surface area contributed by atoms with Crippen molar-refractivity contribution < 1.29 is 9.47 Å². The lowest BCUT2D eigenvalue weighted by atomic mass is 9.99. The summed E-state index contributed by atoms with van der Waals surface area (Å²) in [5, 5.41) is 3.40. The number of rotatable bonds is 5. The molecule has 0 aromatic carbocycles. The van der Waals surface area contributed by atoms with Crippen molar-refractivity contribution in [1.82, 2.24) is 14.9 Å². The lowest BCUT2D eigenvalue weighted by molar-refractivity contribution is -0.0839. The van der Waals surface area contributed by atoms with Crippen LogP contribution in [0.4, 0.5) is 11.6 Å². The number of nitrogens with zero attached hydrogens (tertiary/aromatic N) is 4. The molecule has 2 saturated heterocycles.